The maximum atomic E-state index is 12.5. The average Bonchev–Trinajstić information content (AvgIpc) is 2.67. The molecule has 6 heteroatoms. The Morgan fingerprint density at radius 1 is 1.41 bits per heavy atom. The van der Waals surface area contributed by atoms with Gasteiger partial charge in [0, 0.05) is 6.54 Å². The number of alkyl halides is 3. The lowest BCUT2D eigenvalue weighted by molar-refractivity contribution is -0.213. The van der Waals surface area contributed by atoms with Crippen molar-refractivity contribution in [2.75, 3.05) is 6.54 Å². The van der Waals surface area contributed by atoms with Gasteiger partial charge in [-0.25, -0.2) is 0 Å². The molecule has 0 aliphatic heterocycles. The summed E-state index contributed by atoms with van der Waals surface area (Å²) in [5.74, 6) is -0.414. The molecule has 0 aliphatic carbocycles. The maximum absolute atomic E-state index is 12.5. The zero-order chi connectivity index (χ0) is 13.1. The zero-order valence-electron chi connectivity index (χ0n) is 9.60. The van der Waals surface area contributed by atoms with Crippen LogP contribution in [0.3, 0.4) is 0 Å². The van der Waals surface area contributed by atoms with Crippen molar-refractivity contribution in [1.29, 1.82) is 0 Å². The molecule has 0 saturated heterocycles. The summed E-state index contributed by atoms with van der Waals surface area (Å²) in [5, 5.41) is 2.38. The Balaban J connectivity index is 2.41. The van der Waals surface area contributed by atoms with E-state index in [-0.39, 0.29) is 18.7 Å². The van der Waals surface area contributed by atoms with Crippen LogP contribution in [-0.2, 0) is 0 Å². The average molecular weight is 249 g/mol. The molecule has 1 rings (SSSR count). The highest BCUT2D eigenvalue weighted by Crippen LogP contribution is 2.39. The first-order valence-electron chi connectivity index (χ1n) is 5.12. The summed E-state index contributed by atoms with van der Waals surface area (Å²) >= 11 is 0. The molecule has 1 aromatic heterocycles. The van der Waals surface area contributed by atoms with E-state index in [4.69, 9.17) is 4.42 Å². The number of furan rings is 1. The van der Waals surface area contributed by atoms with E-state index < -0.39 is 17.5 Å². The summed E-state index contributed by atoms with van der Waals surface area (Å²) in [6.07, 6.45) is -3.13. The Bertz CT molecular complexity index is 369. The molecule has 0 saturated carbocycles. The molecule has 0 fully saturated rings. The van der Waals surface area contributed by atoms with E-state index in [2.05, 4.69) is 5.32 Å². The van der Waals surface area contributed by atoms with Crippen LogP contribution in [0.4, 0.5) is 13.2 Å². The fourth-order valence-electron chi connectivity index (χ4n) is 1.13. The Morgan fingerprint density at radius 3 is 2.53 bits per heavy atom. The van der Waals surface area contributed by atoms with E-state index in [1.807, 2.05) is 0 Å². The van der Waals surface area contributed by atoms with Crippen molar-refractivity contribution >= 4 is 5.91 Å². The van der Waals surface area contributed by atoms with Crippen LogP contribution in [0, 0.1) is 5.41 Å². The summed E-state index contributed by atoms with van der Waals surface area (Å²) in [6, 6.07) is 2.98. The van der Waals surface area contributed by atoms with Gasteiger partial charge in [-0.2, -0.15) is 13.2 Å². The van der Waals surface area contributed by atoms with Crippen molar-refractivity contribution in [3.8, 4) is 0 Å². The number of rotatable bonds is 4. The molecule has 17 heavy (non-hydrogen) atoms. The maximum Gasteiger partial charge on any atom is 0.394 e. The van der Waals surface area contributed by atoms with Crippen LogP contribution in [0.25, 0.3) is 0 Å². The summed E-state index contributed by atoms with van der Waals surface area (Å²) in [5.41, 5.74) is -1.82. The smallest absolute Gasteiger partial charge is 0.394 e. The van der Waals surface area contributed by atoms with E-state index in [0.717, 1.165) is 13.8 Å². The number of halogens is 3. The SMILES string of the molecule is CC(C)(CCNC(=O)c1ccco1)C(F)(F)F. The van der Waals surface area contributed by atoms with Crippen LogP contribution in [-0.4, -0.2) is 18.6 Å². The molecule has 0 spiro atoms. The van der Waals surface area contributed by atoms with Gasteiger partial charge in [-0.15, -0.1) is 0 Å². The highest BCUT2D eigenvalue weighted by atomic mass is 19.4. The van der Waals surface area contributed by atoms with E-state index in [9.17, 15) is 18.0 Å². The molecule has 0 bridgehead atoms. The summed E-state index contributed by atoms with van der Waals surface area (Å²) in [7, 11) is 0. The van der Waals surface area contributed by atoms with E-state index in [1.165, 1.54) is 18.4 Å². The normalized spacial score (nSPS) is 12.5. The van der Waals surface area contributed by atoms with Crippen molar-refractivity contribution in [3.05, 3.63) is 24.2 Å². The van der Waals surface area contributed by atoms with Gasteiger partial charge in [0.05, 0.1) is 11.7 Å². The van der Waals surface area contributed by atoms with Crippen molar-refractivity contribution in [3.63, 3.8) is 0 Å². The van der Waals surface area contributed by atoms with Crippen molar-refractivity contribution < 1.29 is 22.4 Å². The fraction of sp³-hybridized carbons (Fsp3) is 0.545. The molecule has 0 atom stereocenters. The Kier molecular flexibility index (Phi) is 3.85. The minimum Gasteiger partial charge on any atom is -0.459 e. The zero-order valence-corrected chi connectivity index (χ0v) is 9.60. The van der Waals surface area contributed by atoms with Crippen molar-refractivity contribution in [1.82, 2.24) is 5.32 Å². The van der Waals surface area contributed by atoms with Crippen LogP contribution in [0.2, 0.25) is 0 Å². The topological polar surface area (TPSA) is 42.2 Å². The molecular formula is C11H14F3NO2. The Hall–Kier alpha value is -1.46. The minimum absolute atomic E-state index is 0.0496. The monoisotopic (exact) mass is 249 g/mol. The number of amides is 1. The van der Waals surface area contributed by atoms with Gasteiger partial charge in [0.2, 0.25) is 0 Å². The van der Waals surface area contributed by atoms with Crippen LogP contribution in [0.5, 0.6) is 0 Å². The Morgan fingerprint density at radius 2 is 2.06 bits per heavy atom. The molecule has 0 unspecified atom stereocenters. The van der Waals surface area contributed by atoms with Crippen LogP contribution in [0.1, 0.15) is 30.8 Å². The third-order valence-electron chi connectivity index (χ3n) is 2.55. The quantitative estimate of drug-likeness (QED) is 0.891. The highest BCUT2D eigenvalue weighted by molar-refractivity contribution is 5.91. The van der Waals surface area contributed by atoms with Gasteiger partial charge in [-0.05, 0) is 18.6 Å². The second kappa shape index (κ2) is 4.81. The van der Waals surface area contributed by atoms with E-state index in [1.54, 1.807) is 0 Å². The van der Waals surface area contributed by atoms with Gasteiger partial charge in [0.25, 0.3) is 5.91 Å². The van der Waals surface area contributed by atoms with Crippen molar-refractivity contribution in [2.24, 2.45) is 5.41 Å². The van der Waals surface area contributed by atoms with Crippen LogP contribution < -0.4 is 5.32 Å². The van der Waals surface area contributed by atoms with Gasteiger partial charge >= 0.3 is 6.18 Å². The molecule has 1 heterocycles. The highest BCUT2D eigenvalue weighted by Gasteiger charge is 2.46. The van der Waals surface area contributed by atoms with Crippen LogP contribution in [0.15, 0.2) is 22.8 Å². The first kappa shape index (κ1) is 13.6. The first-order valence-corrected chi connectivity index (χ1v) is 5.12. The molecular weight excluding hydrogens is 235 g/mol. The molecule has 0 aliphatic rings. The first-order chi connectivity index (χ1) is 7.74. The molecule has 1 aromatic rings. The second-order valence-corrected chi connectivity index (χ2v) is 4.36. The molecule has 1 N–H and O–H groups in total. The third kappa shape index (κ3) is 3.51. The number of hydrogen-bond acceptors (Lipinski definition) is 2. The predicted molar refractivity (Wildman–Crippen MR) is 55.5 cm³/mol. The van der Waals surface area contributed by atoms with Gasteiger partial charge < -0.3 is 9.73 Å². The van der Waals surface area contributed by atoms with Gasteiger partial charge in [0.15, 0.2) is 5.76 Å². The van der Waals surface area contributed by atoms with E-state index >= 15 is 0 Å². The van der Waals surface area contributed by atoms with Gasteiger partial charge in [-0.1, -0.05) is 13.8 Å². The largest absolute Gasteiger partial charge is 0.459 e. The Labute approximate surface area is 97.0 Å². The molecule has 3 nitrogen and oxygen atoms in total. The van der Waals surface area contributed by atoms with Crippen LogP contribution >= 0.6 is 0 Å². The predicted octanol–water partition coefficient (Wildman–Crippen LogP) is 2.99. The number of carbonyl (C=O) groups is 1. The van der Waals surface area contributed by atoms with Gasteiger partial charge in [0.1, 0.15) is 0 Å². The number of carbonyl (C=O) groups excluding carboxylic acids is 1. The standard InChI is InChI=1S/C11H14F3NO2/c1-10(2,11(12,13)14)5-6-15-9(16)8-4-3-7-17-8/h3-4,7H,5-6H2,1-2H3,(H,15,16). The number of nitrogens with one attached hydrogen (secondary N) is 1. The summed E-state index contributed by atoms with van der Waals surface area (Å²) in [4.78, 5) is 11.4. The lowest BCUT2D eigenvalue weighted by Gasteiger charge is -2.27. The third-order valence-corrected chi connectivity index (χ3v) is 2.55. The second-order valence-electron chi connectivity index (χ2n) is 4.36. The van der Waals surface area contributed by atoms with Gasteiger partial charge in [-0.3, -0.25) is 4.79 Å². The molecule has 96 valence electrons. The lowest BCUT2D eigenvalue weighted by atomic mass is 9.88. The van der Waals surface area contributed by atoms with Crippen molar-refractivity contribution in [2.45, 2.75) is 26.4 Å². The molecule has 1 amide bonds. The molecule has 0 radical (unpaired) electrons. The summed E-state index contributed by atoms with van der Waals surface area (Å²) in [6.45, 7) is 2.16. The van der Waals surface area contributed by atoms with E-state index in [0.29, 0.717) is 0 Å². The number of hydrogen-bond donors (Lipinski definition) is 1. The lowest BCUT2D eigenvalue weighted by Crippen LogP contribution is -2.36. The summed E-state index contributed by atoms with van der Waals surface area (Å²) < 4.78 is 42.3. The minimum atomic E-state index is -4.28. The fourth-order valence-corrected chi connectivity index (χ4v) is 1.13. The molecule has 0 aromatic carbocycles.